The van der Waals surface area contributed by atoms with Crippen LogP contribution in [0.3, 0.4) is 0 Å². The number of hydrogen-bond donors (Lipinski definition) is 0. The summed E-state index contributed by atoms with van der Waals surface area (Å²) in [6.45, 7) is 1.68. The largest absolute Gasteiger partial charge is 0.478 e. The number of halogens is 1. The Labute approximate surface area is 119 Å². The van der Waals surface area contributed by atoms with E-state index in [0.29, 0.717) is 18.4 Å². The first-order valence-corrected chi connectivity index (χ1v) is 6.96. The summed E-state index contributed by atoms with van der Waals surface area (Å²) < 4.78 is 5.71. The molecule has 1 heterocycles. The molecular weight excluding hydrogens is 260 g/mol. The molecule has 1 aromatic carbocycles. The quantitative estimate of drug-likeness (QED) is 0.599. The van der Waals surface area contributed by atoms with Gasteiger partial charge in [0.25, 0.3) is 0 Å². The van der Waals surface area contributed by atoms with Crippen LogP contribution in [0.5, 0.6) is 5.88 Å². The molecule has 0 aliphatic rings. The third kappa shape index (κ3) is 3.82. The molecule has 3 nitrogen and oxygen atoms in total. The number of benzene rings is 1. The van der Waals surface area contributed by atoms with Crippen molar-refractivity contribution in [3.63, 3.8) is 0 Å². The molecule has 102 valence electrons. The van der Waals surface area contributed by atoms with Crippen LogP contribution >= 0.6 is 11.6 Å². The summed E-state index contributed by atoms with van der Waals surface area (Å²) in [7, 11) is 4.11. The Kier molecular flexibility index (Phi) is 5.00. The molecule has 0 unspecified atom stereocenters. The second-order valence-corrected chi connectivity index (χ2v) is 5.04. The van der Waals surface area contributed by atoms with Gasteiger partial charge in [0.05, 0.1) is 12.1 Å². The lowest BCUT2D eigenvalue weighted by molar-refractivity contribution is 0.274. The molecule has 0 aliphatic heterocycles. The maximum absolute atomic E-state index is 5.99. The minimum absolute atomic E-state index is 0.469. The number of alkyl halides is 1. The third-order valence-corrected chi connectivity index (χ3v) is 3.21. The van der Waals surface area contributed by atoms with E-state index in [1.165, 1.54) is 0 Å². The summed E-state index contributed by atoms with van der Waals surface area (Å²) in [6, 6.07) is 9.93. The van der Waals surface area contributed by atoms with Crippen LogP contribution in [0.2, 0.25) is 0 Å². The van der Waals surface area contributed by atoms with Gasteiger partial charge in [-0.15, -0.1) is 11.6 Å². The van der Waals surface area contributed by atoms with Crippen molar-refractivity contribution in [2.45, 2.75) is 12.3 Å². The summed E-state index contributed by atoms with van der Waals surface area (Å²) in [5.41, 5.74) is 2.00. The van der Waals surface area contributed by atoms with E-state index in [-0.39, 0.29) is 0 Å². The van der Waals surface area contributed by atoms with Crippen molar-refractivity contribution >= 4 is 22.5 Å². The zero-order chi connectivity index (χ0) is 13.7. The third-order valence-electron chi connectivity index (χ3n) is 2.92. The van der Waals surface area contributed by atoms with Gasteiger partial charge in [0, 0.05) is 23.9 Å². The summed E-state index contributed by atoms with van der Waals surface area (Å²) in [5, 5.41) is 1.10. The molecule has 2 aromatic rings. The van der Waals surface area contributed by atoms with Gasteiger partial charge in [-0.05, 0) is 32.1 Å². The number of aromatic nitrogens is 1. The highest BCUT2D eigenvalue weighted by molar-refractivity contribution is 6.18. The molecule has 19 heavy (non-hydrogen) atoms. The average molecular weight is 279 g/mol. The van der Waals surface area contributed by atoms with Gasteiger partial charge in [0.1, 0.15) is 0 Å². The number of rotatable bonds is 6. The first-order chi connectivity index (χ1) is 9.20. The Morgan fingerprint density at radius 1 is 1.26 bits per heavy atom. The van der Waals surface area contributed by atoms with Crippen molar-refractivity contribution in [3.8, 4) is 5.88 Å². The van der Waals surface area contributed by atoms with E-state index in [0.717, 1.165) is 29.4 Å². The molecule has 0 N–H and O–H groups in total. The molecule has 2 rings (SSSR count). The number of para-hydroxylation sites is 1. The van der Waals surface area contributed by atoms with Gasteiger partial charge >= 0.3 is 0 Å². The normalized spacial score (nSPS) is 11.2. The van der Waals surface area contributed by atoms with Gasteiger partial charge in [-0.1, -0.05) is 18.2 Å². The van der Waals surface area contributed by atoms with E-state index < -0.39 is 0 Å². The standard InChI is InChI=1S/C15H19ClN2O/c1-18(2)8-5-9-19-15-10-12(11-16)13-6-3-4-7-14(13)17-15/h3-4,6-7,10H,5,8-9,11H2,1-2H3. The van der Waals surface area contributed by atoms with Crippen LogP contribution in [-0.2, 0) is 5.88 Å². The minimum atomic E-state index is 0.469. The highest BCUT2D eigenvalue weighted by Gasteiger charge is 2.05. The minimum Gasteiger partial charge on any atom is -0.478 e. The van der Waals surface area contributed by atoms with Crippen LogP contribution in [0, 0.1) is 0 Å². The number of pyridine rings is 1. The van der Waals surface area contributed by atoms with E-state index in [9.17, 15) is 0 Å². The van der Waals surface area contributed by atoms with Gasteiger partial charge in [0.15, 0.2) is 0 Å². The number of nitrogens with zero attached hydrogens (tertiary/aromatic N) is 2. The molecule has 0 atom stereocenters. The van der Waals surface area contributed by atoms with E-state index in [4.69, 9.17) is 16.3 Å². The number of fused-ring (bicyclic) bond motifs is 1. The zero-order valence-corrected chi connectivity index (χ0v) is 12.2. The fraction of sp³-hybridized carbons (Fsp3) is 0.400. The van der Waals surface area contributed by atoms with E-state index in [1.54, 1.807) is 0 Å². The van der Waals surface area contributed by atoms with Crippen LogP contribution in [0.4, 0.5) is 0 Å². The molecule has 4 heteroatoms. The molecule has 0 saturated heterocycles. The van der Waals surface area contributed by atoms with E-state index in [1.807, 2.05) is 30.3 Å². The molecule has 0 amide bonds. The first kappa shape index (κ1) is 14.1. The summed E-state index contributed by atoms with van der Waals surface area (Å²) in [5.74, 6) is 1.13. The Morgan fingerprint density at radius 2 is 2.05 bits per heavy atom. The average Bonchev–Trinajstić information content (AvgIpc) is 2.42. The predicted octanol–water partition coefficient (Wildman–Crippen LogP) is 3.30. The molecule has 0 aliphatic carbocycles. The Balaban J connectivity index is 2.11. The van der Waals surface area contributed by atoms with Crippen LogP contribution in [0.1, 0.15) is 12.0 Å². The van der Waals surface area contributed by atoms with Gasteiger partial charge in [-0.3, -0.25) is 0 Å². The highest BCUT2D eigenvalue weighted by Crippen LogP contribution is 2.23. The summed E-state index contributed by atoms with van der Waals surface area (Å²) in [4.78, 5) is 6.65. The molecule has 0 fully saturated rings. The molecule has 0 bridgehead atoms. The van der Waals surface area contributed by atoms with Crippen molar-refractivity contribution in [2.75, 3.05) is 27.2 Å². The fourth-order valence-corrected chi connectivity index (χ4v) is 2.18. The van der Waals surface area contributed by atoms with E-state index >= 15 is 0 Å². The number of ether oxygens (including phenoxy) is 1. The van der Waals surface area contributed by atoms with E-state index in [2.05, 4.69) is 24.0 Å². The lowest BCUT2D eigenvalue weighted by Crippen LogP contribution is -2.15. The Morgan fingerprint density at radius 3 is 2.79 bits per heavy atom. The monoisotopic (exact) mass is 278 g/mol. The highest BCUT2D eigenvalue weighted by atomic mass is 35.5. The summed E-state index contributed by atoms with van der Waals surface area (Å²) in [6.07, 6.45) is 0.984. The van der Waals surface area contributed by atoms with Crippen molar-refractivity contribution in [3.05, 3.63) is 35.9 Å². The van der Waals surface area contributed by atoms with Crippen LogP contribution in [-0.4, -0.2) is 37.1 Å². The van der Waals surface area contributed by atoms with Gasteiger partial charge in [-0.2, -0.15) is 0 Å². The molecule has 0 saturated carbocycles. The van der Waals surface area contributed by atoms with Crippen LogP contribution in [0.15, 0.2) is 30.3 Å². The maximum atomic E-state index is 5.99. The second-order valence-electron chi connectivity index (χ2n) is 4.78. The van der Waals surface area contributed by atoms with Gasteiger partial charge < -0.3 is 9.64 Å². The first-order valence-electron chi connectivity index (χ1n) is 6.43. The maximum Gasteiger partial charge on any atom is 0.214 e. The fourth-order valence-electron chi connectivity index (χ4n) is 1.96. The van der Waals surface area contributed by atoms with Crippen molar-refractivity contribution < 1.29 is 4.74 Å². The van der Waals surface area contributed by atoms with Crippen molar-refractivity contribution in [1.29, 1.82) is 0 Å². The predicted molar refractivity (Wildman–Crippen MR) is 80.0 cm³/mol. The summed E-state index contributed by atoms with van der Waals surface area (Å²) >= 11 is 5.99. The molecular formula is C15H19ClN2O. The number of hydrogen-bond acceptors (Lipinski definition) is 3. The van der Waals surface area contributed by atoms with Crippen LogP contribution in [0.25, 0.3) is 10.9 Å². The van der Waals surface area contributed by atoms with Gasteiger partial charge in [0.2, 0.25) is 5.88 Å². The van der Waals surface area contributed by atoms with Gasteiger partial charge in [-0.25, -0.2) is 4.98 Å². The SMILES string of the molecule is CN(C)CCCOc1cc(CCl)c2ccccc2n1. The van der Waals surface area contributed by atoms with Crippen molar-refractivity contribution in [2.24, 2.45) is 0 Å². The van der Waals surface area contributed by atoms with Crippen molar-refractivity contribution in [1.82, 2.24) is 9.88 Å². The Hall–Kier alpha value is -1.32. The van der Waals surface area contributed by atoms with Crippen LogP contribution < -0.4 is 4.74 Å². The smallest absolute Gasteiger partial charge is 0.214 e. The second kappa shape index (κ2) is 6.73. The molecule has 1 aromatic heterocycles. The topological polar surface area (TPSA) is 25.4 Å². The lowest BCUT2D eigenvalue weighted by atomic mass is 10.1. The Bertz CT molecular complexity index is 543. The molecule has 0 spiro atoms. The zero-order valence-electron chi connectivity index (χ0n) is 11.4. The lowest BCUT2D eigenvalue weighted by Gasteiger charge is -2.11. The molecule has 0 radical (unpaired) electrons.